The molecule has 0 spiro atoms. The third-order valence-corrected chi connectivity index (χ3v) is 2.65. The monoisotopic (exact) mass is 216 g/mol. The molecule has 6 heteroatoms. The zero-order valence-electron chi connectivity index (χ0n) is 6.41. The highest BCUT2D eigenvalue weighted by Gasteiger charge is 2.15. The Hall–Kier alpha value is -1.07. The smallest absolute Gasteiger partial charge is 0.266 e. The summed E-state index contributed by atoms with van der Waals surface area (Å²) in [6.45, 7) is -0.0252. The van der Waals surface area contributed by atoms with Gasteiger partial charge in [-0.25, -0.2) is 0 Å². The molecule has 13 heavy (non-hydrogen) atoms. The van der Waals surface area contributed by atoms with Gasteiger partial charge in [-0.05, 0) is 12.1 Å². The Balaban J connectivity index is 2.26. The fraction of sp³-hybridized carbons (Fsp3) is 0.143. The van der Waals surface area contributed by atoms with E-state index in [0.717, 1.165) is 4.88 Å². The van der Waals surface area contributed by atoms with Crippen molar-refractivity contribution in [1.29, 1.82) is 0 Å². The van der Waals surface area contributed by atoms with Crippen LogP contribution in [0, 0.1) is 0 Å². The van der Waals surface area contributed by atoms with E-state index in [9.17, 15) is 4.79 Å². The van der Waals surface area contributed by atoms with Gasteiger partial charge in [-0.2, -0.15) is 0 Å². The number of rotatable bonds is 1. The highest BCUT2D eigenvalue weighted by atomic mass is 35.5. The van der Waals surface area contributed by atoms with Gasteiger partial charge in [0, 0.05) is 0 Å². The van der Waals surface area contributed by atoms with E-state index in [-0.39, 0.29) is 12.5 Å². The number of thiophene rings is 1. The molecule has 0 radical (unpaired) electrons. The van der Waals surface area contributed by atoms with Crippen LogP contribution in [0.1, 0.15) is 4.88 Å². The Labute approximate surface area is 83.1 Å². The highest BCUT2D eigenvalue weighted by Crippen LogP contribution is 2.21. The van der Waals surface area contributed by atoms with Crippen molar-refractivity contribution in [2.45, 2.75) is 0 Å². The quantitative estimate of drug-likeness (QED) is 0.767. The molecule has 0 saturated heterocycles. The van der Waals surface area contributed by atoms with Crippen LogP contribution in [0.2, 0.25) is 4.34 Å². The van der Waals surface area contributed by atoms with Crippen molar-refractivity contribution in [1.82, 2.24) is 5.32 Å². The summed E-state index contributed by atoms with van der Waals surface area (Å²) in [4.78, 5) is 16.4. The molecular weight excluding hydrogens is 212 g/mol. The lowest BCUT2D eigenvalue weighted by Gasteiger charge is -2.10. The summed E-state index contributed by atoms with van der Waals surface area (Å²) in [6.07, 6.45) is 0. The average Bonchev–Trinajstić information content (AvgIpc) is 2.52. The van der Waals surface area contributed by atoms with E-state index in [1.54, 1.807) is 12.1 Å². The summed E-state index contributed by atoms with van der Waals surface area (Å²) in [5.41, 5.74) is 0. The standard InChI is InChI=1S/C7H5ClN2O2S/c8-5-2-1-4(13-5)7-9-6(11)3-12-10-7/h1-2H,3H2,(H,9,10,11). The lowest BCUT2D eigenvalue weighted by Crippen LogP contribution is -2.37. The van der Waals surface area contributed by atoms with Crippen molar-refractivity contribution in [3.8, 4) is 0 Å². The van der Waals surface area contributed by atoms with Crippen LogP contribution in [-0.2, 0) is 9.63 Å². The van der Waals surface area contributed by atoms with E-state index in [1.807, 2.05) is 0 Å². The Morgan fingerprint density at radius 1 is 1.62 bits per heavy atom. The van der Waals surface area contributed by atoms with Crippen LogP contribution in [0.4, 0.5) is 0 Å². The summed E-state index contributed by atoms with van der Waals surface area (Å²) in [5, 5.41) is 6.28. The molecule has 0 atom stereocenters. The third kappa shape index (κ3) is 1.81. The molecule has 1 N–H and O–H groups in total. The summed E-state index contributed by atoms with van der Waals surface area (Å²) < 4.78 is 0.650. The van der Waals surface area contributed by atoms with Crippen LogP contribution in [0.3, 0.4) is 0 Å². The SMILES string of the molecule is O=C1CON=C(c2ccc(Cl)s2)N1. The van der Waals surface area contributed by atoms with Crippen molar-refractivity contribution >= 4 is 34.7 Å². The molecule has 2 rings (SSSR count). The van der Waals surface area contributed by atoms with Crippen LogP contribution in [0.25, 0.3) is 0 Å². The number of carbonyl (C=O) groups excluding carboxylic acids is 1. The van der Waals surface area contributed by atoms with Gasteiger partial charge in [0.1, 0.15) is 0 Å². The minimum Gasteiger partial charge on any atom is -0.384 e. The topological polar surface area (TPSA) is 50.7 Å². The number of nitrogens with one attached hydrogen (secondary N) is 1. The molecule has 4 nitrogen and oxygen atoms in total. The predicted molar refractivity (Wildman–Crippen MR) is 50.0 cm³/mol. The zero-order chi connectivity index (χ0) is 9.26. The second kappa shape index (κ2) is 3.35. The van der Waals surface area contributed by atoms with E-state index < -0.39 is 0 Å². The number of carbonyl (C=O) groups is 1. The number of amides is 1. The number of hydrogen-bond acceptors (Lipinski definition) is 4. The summed E-state index contributed by atoms with van der Waals surface area (Å²) in [7, 11) is 0. The van der Waals surface area contributed by atoms with Gasteiger partial charge in [-0.1, -0.05) is 16.8 Å². The van der Waals surface area contributed by atoms with E-state index >= 15 is 0 Å². The second-order valence-electron chi connectivity index (χ2n) is 2.37. The molecule has 1 amide bonds. The van der Waals surface area contributed by atoms with Gasteiger partial charge in [-0.3, -0.25) is 4.79 Å². The molecule has 2 heterocycles. The molecule has 0 fully saturated rings. The van der Waals surface area contributed by atoms with Crippen LogP contribution in [-0.4, -0.2) is 18.3 Å². The molecule has 0 saturated carbocycles. The van der Waals surface area contributed by atoms with E-state index in [2.05, 4.69) is 10.5 Å². The summed E-state index contributed by atoms with van der Waals surface area (Å²) in [6, 6.07) is 3.52. The van der Waals surface area contributed by atoms with Crippen molar-refractivity contribution in [2.24, 2.45) is 5.16 Å². The van der Waals surface area contributed by atoms with Crippen molar-refractivity contribution in [2.75, 3.05) is 6.61 Å². The lowest BCUT2D eigenvalue weighted by molar-refractivity contribution is -0.125. The first-order valence-electron chi connectivity index (χ1n) is 3.51. The highest BCUT2D eigenvalue weighted by molar-refractivity contribution is 7.18. The molecule has 1 aliphatic heterocycles. The van der Waals surface area contributed by atoms with Crippen LogP contribution >= 0.6 is 22.9 Å². The van der Waals surface area contributed by atoms with E-state index in [0.29, 0.717) is 10.2 Å². The van der Waals surface area contributed by atoms with Gasteiger partial charge in [-0.15, -0.1) is 11.3 Å². The van der Waals surface area contributed by atoms with Gasteiger partial charge in [0.25, 0.3) is 5.91 Å². The van der Waals surface area contributed by atoms with Crippen LogP contribution in [0.5, 0.6) is 0 Å². The number of oxime groups is 1. The van der Waals surface area contributed by atoms with Gasteiger partial charge in [0.05, 0.1) is 9.21 Å². The maximum atomic E-state index is 10.9. The van der Waals surface area contributed by atoms with Crippen LogP contribution < -0.4 is 5.32 Å². The van der Waals surface area contributed by atoms with Gasteiger partial charge in [0.2, 0.25) is 0 Å². The first-order valence-corrected chi connectivity index (χ1v) is 4.70. The molecule has 0 aliphatic carbocycles. The van der Waals surface area contributed by atoms with Crippen LogP contribution in [0.15, 0.2) is 17.3 Å². The fourth-order valence-electron chi connectivity index (χ4n) is 0.895. The largest absolute Gasteiger partial charge is 0.384 e. The Morgan fingerprint density at radius 2 is 2.46 bits per heavy atom. The maximum absolute atomic E-state index is 10.9. The maximum Gasteiger partial charge on any atom is 0.266 e. The molecule has 1 aromatic heterocycles. The minimum absolute atomic E-state index is 0.0252. The number of halogens is 1. The Morgan fingerprint density at radius 3 is 3.08 bits per heavy atom. The number of hydrogen-bond donors (Lipinski definition) is 1. The van der Waals surface area contributed by atoms with Gasteiger partial charge >= 0.3 is 0 Å². The fourth-order valence-corrected chi connectivity index (χ4v) is 1.87. The average molecular weight is 217 g/mol. The first-order chi connectivity index (χ1) is 6.25. The molecule has 1 aromatic rings. The molecular formula is C7H5ClN2O2S. The van der Waals surface area contributed by atoms with Crippen molar-refractivity contribution in [3.63, 3.8) is 0 Å². The molecule has 1 aliphatic rings. The lowest BCUT2D eigenvalue weighted by atomic mass is 10.4. The number of nitrogens with zero attached hydrogens (tertiary/aromatic N) is 1. The van der Waals surface area contributed by atoms with Gasteiger partial charge < -0.3 is 10.2 Å². The Bertz CT molecular complexity index is 374. The minimum atomic E-state index is -0.200. The Kier molecular flexibility index (Phi) is 2.20. The normalized spacial score (nSPS) is 16.1. The zero-order valence-corrected chi connectivity index (χ0v) is 7.98. The van der Waals surface area contributed by atoms with Gasteiger partial charge in [0.15, 0.2) is 12.4 Å². The van der Waals surface area contributed by atoms with Crippen molar-refractivity contribution < 1.29 is 9.63 Å². The molecule has 68 valence electrons. The molecule has 0 unspecified atom stereocenters. The molecule has 0 bridgehead atoms. The van der Waals surface area contributed by atoms with Crippen molar-refractivity contribution in [3.05, 3.63) is 21.3 Å². The number of amidine groups is 1. The predicted octanol–water partition coefficient (Wildman–Crippen LogP) is 1.21. The molecule has 0 aromatic carbocycles. The van der Waals surface area contributed by atoms with E-state index in [4.69, 9.17) is 16.4 Å². The van der Waals surface area contributed by atoms with E-state index in [1.165, 1.54) is 11.3 Å². The first kappa shape index (κ1) is 8.52. The second-order valence-corrected chi connectivity index (χ2v) is 4.08. The summed E-state index contributed by atoms with van der Waals surface area (Å²) >= 11 is 7.06. The third-order valence-electron chi connectivity index (χ3n) is 1.42. The summed E-state index contributed by atoms with van der Waals surface area (Å²) in [5.74, 6) is 0.225.